The number of hydrogen-bond donors (Lipinski definition) is 2. The minimum Gasteiger partial charge on any atom is -0.488 e. The number of nitrogens with zero attached hydrogens (tertiary/aromatic N) is 2. The molecule has 0 aromatic heterocycles. The molecule has 2 aromatic carbocycles. The fraction of sp³-hybridized carbons (Fsp3) is 0.0667. The Labute approximate surface area is 132 Å². The number of halogens is 2. The Kier molecular flexibility index (Phi) is 5.32. The first-order valence-corrected chi connectivity index (χ1v) is 6.71. The fourth-order valence-electron chi connectivity index (χ4n) is 1.65. The summed E-state index contributed by atoms with van der Waals surface area (Å²) >= 11 is 5.95. The molecule has 0 heterocycles. The van der Waals surface area contributed by atoms with E-state index in [2.05, 4.69) is 10.2 Å². The molecule has 0 radical (unpaired) electrons. The van der Waals surface area contributed by atoms with Crippen molar-refractivity contribution in [3.05, 3.63) is 64.4 Å². The van der Waals surface area contributed by atoms with Gasteiger partial charge in [0.2, 0.25) is 5.96 Å². The highest BCUT2D eigenvalue weighted by molar-refractivity contribution is 6.30. The number of rotatable bonds is 5. The van der Waals surface area contributed by atoms with Gasteiger partial charge in [0.05, 0.1) is 6.21 Å². The highest BCUT2D eigenvalue weighted by Gasteiger charge is 2.04. The Balaban J connectivity index is 2.14. The van der Waals surface area contributed by atoms with Crippen molar-refractivity contribution >= 4 is 23.8 Å². The SMILES string of the molecule is NC(N)=NN=Cc1cc(Cl)ccc1OCc1ccc(F)cc1. The van der Waals surface area contributed by atoms with Crippen LogP contribution >= 0.6 is 11.6 Å². The van der Waals surface area contributed by atoms with Crippen LogP contribution in [-0.2, 0) is 6.61 Å². The van der Waals surface area contributed by atoms with Gasteiger partial charge in [0.15, 0.2) is 0 Å². The topological polar surface area (TPSA) is 86.0 Å². The van der Waals surface area contributed by atoms with Gasteiger partial charge < -0.3 is 16.2 Å². The fourth-order valence-corrected chi connectivity index (χ4v) is 1.83. The van der Waals surface area contributed by atoms with Crippen LogP contribution in [0, 0.1) is 5.82 Å². The lowest BCUT2D eigenvalue weighted by Gasteiger charge is -2.09. The third kappa shape index (κ3) is 4.75. The molecule has 0 aliphatic carbocycles. The number of nitrogens with two attached hydrogens (primary N) is 2. The van der Waals surface area contributed by atoms with Gasteiger partial charge in [0.1, 0.15) is 18.2 Å². The van der Waals surface area contributed by atoms with Crippen molar-refractivity contribution in [3.8, 4) is 5.75 Å². The van der Waals surface area contributed by atoms with Crippen molar-refractivity contribution < 1.29 is 9.13 Å². The molecule has 7 heteroatoms. The molecule has 4 N–H and O–H groups in total. The van der Waals surface area contributed by atoms with Crippen LogP contribution in [0.15, 0.2) is 52.7 Å². The third-order valence-electron chi connectivity index (χ3n) is 2.65. The van der Waals surface area contributed by atoms with Crippen LogP contribution in [0.5, 0.6) is 5.75 Å². The Hall–Kier alpha value is -2.60. The van der Waals surface area contributed by atoms with E-state index in [4.69, 9.17) is 27.8 Å². The lowest BCUT2D eigenvalue weighted by molar-refractivity contribution is 0.305. The molecule has 0 saturated carbocycles. The summed E-state index contributed by atoms with van der Waals surface area (Å²) < 4.78 is 18.5. The molecule has 0 aliphatic heterocycles. The molecule has 0 fully saturated rings. The van der Waals surface area contributed by atoms with E-state index in [0.717, 1.165) is 5.56 Å². The van der Waals surface area contributed by atoms with E-state index >= 15 is 0 Å². The van der Waals surface area contributed by atoms with Crippen LogP contribution in [0.3, 0.4) is 0 Å². The second kappa shape index (κ2) is 7.42. The summed E-state index contributed by atoms with van der Waals surface area (Å²) in [6, 6.07) is 11.1. The minimum atomic E-state index is -0.291. The van der Waals surface area contributed by atoms with Gasteiger partial charge in [-0.05, 0) is 35.9 Å². The Bertz CT molecular complexity index is 697. The van der Waals surface area contributed by atoms with Crippen LogP contribution in [-0.4, -0.2) is 12.2 Å². The van der Waals surface area contributed by atoms with E-state index in [1.54, 1.807) is 30.3 Å². The number of ether oxygens (including phenoxy) is 1. The van der Waals surface area contributed by atoms with Gasteiger partial charge >= 0.3 is 0 Å². The zero-order chi connectivity index (χ0) is 15.9. The molecule has 0 aliphatic rings. The maximum absolute atomic E-state index is 12.9. The lowest BCUT2D eigenvalue weighted by Crippen LogP contribution is -2.21. The Morgan fingerprint density at radius 1 is 1.18 bits per heavy atom. The predicted molar refractivity (Wildman–Crippen MR) is 85.6 cm³/mol. The highest BCUT2D eigenvalue weighted by Crippen LogP contribution is 2.22. The van der Waals surface area contributed by atoms with Crippen LogP contribution in [0.25, 0.3) is 0 Å². The molecule has 0 bridgehead atoms. The molecule has 2 aromatic rings. The maximum Gasteiger partial charge on any atom is 0.211 e. The molecule has 0 saturated heterocycles. The first-order chi connectivity index (χ1) is 10.5. The van der Waals surface area contributed by atoms with Crippen molar-refractivity contribution in [3.63, 3.8) is 0 Å². The van der Waals surface area contributed by atoms with Crippen molar-refractivity contribution in [1.82, 2.24) is 0 Å². The second-order valence-electron chi connectivity index (χ2n) is 4.37. The summed E-state index contributed by atoms with van der Waals surface area (Å²) in [5.74, 6) is 0.121. The van der Waals surface area contributed by atoms with E-state index in [0.29, 0.717) is 16.3 Å². The maximum atomic E-state index is 12.9. The number of guanidine groups is 1. The van der Waals surface area contributed by atoms with Crippen molar-refractivity contribution in [1.29, 1.82) is 0 Å². The quantitative estimate of drug-likeness (QED) is 0.504. The van der Waals surface area contributed by atoms with Crippen molar-refractivity contribution in [2.45, 2.75) is 6.61 Å². The van der Waals surface area contributed by atoms with Crippen molar-refractivity contribution in [2.24, 2.45) is 21.7 Å². The van der Waals surface area contributed by atoms with Crippen molar-refractivity contribution in [2.75, 3.05) is 0 Å². The summed E-state index contributed by atoms with van der Waals surface area (Å²) in [7, 11) is 0. The molecule has 22 heavy (non-hydrogen) atoms. The average molecular weight is 321 g/mol. The summed E-state index contributed by atoms with van der Waals surface area (Å²) in [4.78, 5) is 0. The molecular formula is C15H14ClFN4O. The Morgan fingerprint density at radius 3 is 2.59 bits per heavy atom. The molecule has 0 atom stereocenters. The van der Waals surface area contributed by atoms with E-state index in [-0.39, 0.29) is 18.4 Å². The van der Waals surface area contributed by atoms with Gasteiger partial charge in [-0.15, -0.1) is 5.10 Å². The lowest BCUT2D eigenvalue weighted by atomic mass is 10.2. The Morgan fingerprint density at radius 2 is 1.91 bits per heavy atom. The van der Waals surface area contributed by atoms with E-state index < -0.39 is 0 Å². The van der Waals surface area contributed by atoms with E-state index in [1.165, 1.54) is 18.3 Å². The largest absolute Gasteiger partial charge is 0.488 e. The van der Waals surface area contributed by atoms with Crippen LogP contribution < -0.4 is 16.2 Å². The summed E-state index contributed by atoms with van der Waals surface area (Å²) in [6.07, 6.45) is 1.44. The van der Waals surface area contributed by atoms with E-state index in [1.807, 2.05) is 0 Å². The van der Waals surface area contributed by atoms with Gasteiger partial charge in [-0.25, -0.2) is 4.39 Å². The zero-order valence-corrected chi connectivity index (χ0v) is 12.3. The molecule has 0 spiro atoms. The number of benzene rings is 2. The minimum absolute atomic E-state index is 0.146. The average Bonchev–Trinajstić information content (AvgIpc) is 2.48. The smallest absolute Gasteiger partial charge is 0.211 e. The summed E-state index contributed by atoms with van der Waals surface area (Å²) in [5, 5.41) is 7.78. The zero-order valence-electron chi connectivity index (χ0n) is 11.5. The number of hydrogen-bond acceptors (Lipinski definition) is 3. The summed E-state index contributed by atoms with van der Waals surface area (Å²) in [5.41, 5.74) is 11.9. The van der Waals surface area contributed by atoms with Crippen LogP contribution in [0.2, 0.25) is 5.02 Å². The van der Waals surface area contributed by atoms with E-state index in [9.17, 15) is 4.39 Å². The predicted octanol–water partition coefficient (Wildman–Crippen LogP) is 2.67. The van der Waals surface area contributed by atoms with Crippen LogP contribution in [0.1, 0.15) is 11.1 Å². The monoisotopic (exact) mass is 320 g/mol. The van der Waals surface area contributed by atoms with Gasteiger partial charge in [-0.1, -0.05) is 23.7 Å². The first-order valence-electron chi connectivity index (χ1n) is 6.33. The third-order valence-corrected chi connectivity index (χ3v) is 2.88. The van der Waals surface area contributed by atoms with Gasteiger partial charge in [0, 0.05) is 10.6 Å². The second-order valence-corrected chi connectivity index (χ2v) is 4.80. The molecule has 0 unspecified atom stereocenters. The first kappa shape index (κ1) is 15.8. The summed E-state index contributed by atoms with van der Waals surface area (Å²) in [6.45, 7) is 0.283. The highest BCUT2D eigenvalue weighted by atomic mass is 35.5. The standard InChI is InChI=1S/C15H14ClFN4O/c16-12-3-6-14(11(7-12)8-20-21-15(18)19)22-9-10-1-4-13(17)5-2-10/h1-8H,9H2,(H4,18,19,21). The molecule has 2 rings (SSSR count). The van der Waals surface area contributed by atoms with Gasteiger partial charge in [-0.3, -0.25) is 0 Å². The normalized spacial score (nSPS) is 10.6. The molecule has 114 valence electrons. The van der Waals surface area contributed by atoms with Gasteiger partial charge in [-0.2, -0.15) is 5.10 Å². The molecule has 5 nitrogen and oxygen atoms in total. The molecular weight excluding hydrogens is 307 g/mol. The molecule has 0 amide bonds. The van der Waals surface area contributed by atoms with Gasteiger partial charge in [0.25, 0.3) is 0 Å². The van der Waals surface area contributed by atoms with Crippen LogP contribution in [0.4, 0.5) is 4.39 Å².